The minimum Gasteiger partial charge on any atom is -0.465 e. The molecular formula is C20H19NO4S. The minimum absolute atomic E-state index is 0.0200. The summed E-state index contributed by atoms with van der Waals surface area (Å²) in [6.07, 6.45) is 2.38. The van der Waals surface area contributed by atoms with Crippen LogP contribution in [0.3, 0.4) is 0 Å². The van der Waals surface area contributed by atoms with E-state index < -0.39 is 5.92 Å². The van der Waals surface area contributed by atoms with E-state index in [0.717, 1.165) is 34.7 Å². The van der Waals surface area contributed by atoms with E-state index in [4.69, 9.17) is 4.74 Å². The van der Waals surface area contributed by atoms with Crippen molar-refractivity contribution in [3.05, 3.63) is 40.4 Å². The summed E-state index contributed by atoms with van der Waals surface area (Å²) >= 11 is 1.48. The zero-order valence-electron chi connectivity index (χ0n) is 14.7. The Labute approximate surface area is 155 Å². The van der Waals surface area contributed by atoms with Gasteiger partial charge in [0, 0.05) is 22.3 Å². The molecule has 0 saturated heterocycles. The van der Waals surface area contributed by atoms with Crippen LogP contribution >= 0.6 is 11.3 Å². The third-order valence-corrected chi connectivity index (χ3v) is 6.50. The summed E-state index contributed by atoms with van der Waals surface area (Å²) in [4.78, 5) is 42.6. The maximum absolute atomic E-state index is 12.7. The Morgan fingerprint density at radius 2 is 1.73 bits per heavy atom. The number of nitrogens with zero attached hydrogens (tertiary/aromatic N) is 1. The number of aromatic nitrogens is 1. The fraction of sp³-hybridized carbons (Fsp3) is 0.400. The van der Waals surface area contributed by atoms with Gasteiger partial charge in [0.1, 0.15) is 10.9 Å². The monoisotopic (exact) mass is 369 g/mol. The van der Waals surface area contributed by atoms with Crippen LogP contribution in [0.15, 0.2) is 24.3 Å². The molecule has 0 radical (unpaired) electrons. The lowest BCUT2D eigenvalue weighted by molar-refractivity contribution is -0.136. The van der Waals surface area contributed by atoms with Gasteiger partial charge in [0.2, 0.25) is 0 Å². The van der Waals surface area contributed by atoms with Crippen LogP contribution in [0.4, 0.5) is 0 Å². The molecule has 3 atom stereocenters. The molecule has 0 N–H and O–H groups in total. The predicted octanol–water partition coefficient (Wildman–Crippen LogP) is 3.56. The van der Waals surface area contributed by atoms with Crippen molar-refractivity contribution in [2.24, 2.45) is 11.8 Å². The molecule has 134 valence electrons. The number of Topliss-reactive ketones (excluding diaryl/α,β-unsaturated/α-hetero) is 2. The molecule has 6 heteroatoms. The number of methoxy groups -OCH3 is 1. The van der Waals surface area contributed by atoms with Crippen molar-refractivity contribution in [3.8, 4) is 10.6 Å². The quantitative estimate of drug-likeness (QED) is 0.611. The summed E-state index contributed by atoms with van der Waals surface area (Å²) in [5, 5.41) is 0.757. The van der Waals surface area contributed by atoms with Crippen LogP contribution in [-0.4, -0.2) is 29.6 Å². The topological polar surface area (TPSA) is 73.3 Å². The number of esters is 1. The smallest absolute Gasteiger partial charge is 0.337 e. The molecule has 0 aliphatic heterocycles. The van der Waals surface area contributed by atoms with E-state index in [2.05, 4.69) is 4.98 Å². The van der Waals surface area contributed by atoms with E-state index in [9.17, 15) is 14.4 Å². The lowest BCUT2D eigenvalue weighted by Gasteiger charge is -2.24. The standard InChI is InChI=1S/C20H19NO4S/c1-10-16(15-17(22)13-7-8-14(9-13)18(15)23)21-19(26-10)11-3-5-12(6-4-11)20(24)25-2/h3-6,13-15H,7-9H2,1-2H3/t13-,14?,15?/m0/s1. The number of aryl methyl sites for hydroxylation is 1. The molecule has 1 aromatic heterocycles. The number of fused-ring (bicyclic) bond motifs is 2. The molecule has 4 rings (SSSR count). The van der Waals surface area contributed by atoms with Crippen LogP contribution in [0.1, 0.15) is 46.1 Å². The third kappa shape index (κ3) is 2.69. The van der Waals surface area contributed by atoms with E-state index in [-0.39, 0.29) is 29.4 Å². The molecule has 0 amide bonds. The molecule has 5 nitrogen and oxygen atoms in total. The second kappa shape index (κ2) is 6.43. The number of carbonyl (C=O) groups excluding carboxylic acids is 3. The Morgan fingerprint density at radius 3 is 2.31 bits per heavy atom. The molecule has 2 fully saturated rings. The molecule has 2 unspecified atom stereocenters. The fourth-order valence-electron chi connectivity index (χ4n) is 4.05. The number of ketones is 2. The predicted molar refractivity (Wildman–Crippen MR) is 97.2 cm³/mol. The van der Waals surface area contributed by atoms with Crippen molar-refractivity contribution in [3.63, 3.8) is 0 Å². The molecule has 0 spiro atoms. The van der Waals surface area contributed by atoms with Gasteiger partial charge < -0.3 is 4.74 Å². The van der Waals surface area contributed by atoms with Gasteiger partial charge in [0.05, 0.1) is 18.4 Å². The van der Waals surface area contributed by atoms with Crippen LogP contribution in [0.5, 0.6) is 0 Å². The number of benzene rings is 1. The first kappa shape index (κ1) is 17.1. The van der Waals surface area contributed by atoms with E-state index >= 15 is 0 Å². The Balaban J connectivity index is 1.67. The number of thiazole rings is 1. The van der Waals surface area contributed by atoms with Crippen molar-refractivity contribution in [1.82, 2.24) is 4.98 Å². The highest BCUT2D eigenvalue weighted by atomic mass is 32.1. The second-order valence-electron chi connectivity index (χ2n) is 6.97. The van der Waals surface area contributed by atoms with Gasteiger partial charge >= 0.3 is 5.97 Å². The summed E-state index contributed by atoms with van der Waals surface area (Å²) in [6.45, 7) is 1.91. The van der Waals surface area contributed by atoms with Gasteiger partial charge in [-0.05, 0) is 38.3 Å². The van der Waals surface area contributed by atoms with Crippen LogP contribution in [-0.2, 0) is 14.3 Å². The summed E-state index contributed by atoms with van der Waals surface area (Å²) in [6, 6.07) is 6.99. The van der Waals surface area contributed by atoms with E-state index in [0.29, 0.717) is 11.3 Å². The van der Waals surface area contributed by atoms with E-state index in [1.54, 1.807) is 12.1 Å². The third-order valence-electron chi connectivity index (χ3n) is 5.47. The highest BCUT2D eigenvalue weighted by Crippen LogP contribution is 2.45. The first-order valence-corrected chi connectivity index (χ1v) is 9.54. The fourth-order valence-corrected chi connectivity index (χ4v) is 5.00. The normalized spacial score (nSPS) is 24.8. The molecule has 1 heterocycles. The van der Waals surface area contributed by atoms with Gasteiger partial charge in [-0.1, -0.05) is 12.1 Å². The molecule has 2 bridgehead atoms. The first-order valence-electron chi connectivity index (χ1n) is 8.73. The van der Waals surface area contributed by atoms with Crippen LogP contribution in [0, 0.1) is 18.8 Å². The zero-order chi connectivity index (χ0) is 18.4. The van der Waals surface area contributed by atoms with Gasteiger partial charge in [-0.25, -0.2) is 9.78 Å². The summed E-state index contributed by atoms with van der Waals surface area (Å²) in [5.41, 5.74) is 1.95. The van der Waals surface area contributed by atoms with Gasteiger partial charge in [-0.3, -0.25) is 9.59 Å². The Morgan fingerprint density at radius 1 is 1.12 bits per heavy atom. The van der Waals surface area contributed by atoms with Crippen molar-refractivity contribution >= 4 is 28.9 Å². The lowest BCUT2D eigenvalue weighted by atomic mass is 9.77. The Hall–Kier alpha value is -2.34. The average Bonchev–Trinajstić information content (AvgIpc) is 3.26. The lowest BCUT2D eigenvalue weighted by Crippen LogP contribution is -2.35. The van der Waals surface area contributed by atoms with Gasteiger partial charge in [-0.15, -0.1) is 11.3 Å². The Kier molecular flexibility index (Phi) is 4.23. The zero-order valence-corrected chi connectivity index (χ0v) is 15.5. The number of carbonyl (C=O) groups is 3. The van der Waals surface area contributed by atoms with Crippen molar-refractivity contribution in [2.75, 3.05) is 7.11 Å². The summed E-state index contributed by atoms with van der Waals surface area (Å²) in [5.74, 6) is -0.949. The SMILES string of the molecule is COC(=O)c1ccc(-c2nc(C3C(=O)C4CC[C@@H](C4)C3=O)c(C)s2)cc1. The van der Waals surface area contributed by atoms with Crippen molar-refractivity contribution < 1.29 is 19.1 Å². The molecule has 26 heavy (non-hydrogen) atoms. The van der Waals surface area contributed by atoms with E-state index in [1.807, 2.05) is 19.1 Å². The van der Waals surface area contributed by atoms with E-state index in [1.165, 1.54) is 18.4 Å². The highest BCUT2D eigenvalue weighted by molar-refractivity contribution is 7.15. The summed E-state index contributed by atoms with van der Waals surface area (Å²) < 4.78 is 4.71. The number of rotatable bonds is 3. The van der Waals surface area contributed by atoms with Gasteiger partial charge in [-0.2, -0.15) is 0 Å². The number of hydrogen-bond acceptors (Lipinski definition) is 6. The first-order chi connectivity index (χ1) is 12.5. The molecule has 2 aliphatic rings. The van der Waals surface area contributed by atoms with Crippen LogP contribution in [0.25, 0.3) is 10.6 Å². The average molecular weight is 369 g/mol. The largest absolute Gasteiger partial charge is 0.465 e. The molecule has 2 aliphatic carbocycles. The number of hydrogen-bond donors (Lipinski definition) is 0. The minimum atomic E-state index is -0.694. The van der Waals surface area contributed by atoms with Crippen molar-refractivity contribution in [1.29, 1.82) is 0 Å². The maximum atomic E-state index is 12.7. The highest BCUT2D eigenvalue weighted by Gasteiger charge is 2.48. The van der Waals surface area contributed by atoms with Gasteiger partial charge in [0.15, 0.2) is 11.6 Å². The molecule has 2 saturated carbocycles. The molecular weight excluding hydrogens is 350 g/mol. The number of ether oxygens (including phenoxy) is 1. The summed E-state index contributed by atoms with van der Waals surface area (Å²) in [7, 11) is 1.35. The van der Waals surface area contributed by atoms with Crippen LogP contribution < -0.4 is 0 Å². The van der Waals surface area contributed by atoms with Crippen molar-refractivity contribution in [2.45, 2.75) is 32.1 Å². The molecule has 1 aromatic carbocycles. The van der Waals surface area contributed by atoms with Gasteiger partial charge in [0.25, 0.3) is 0 Å². The van der Waals surface area contributed by atoms with Crippen LogP contribution in [0.2, 0.25) is 0 Å². The second-order valence-corrected chi connectivity index (χ2v) is 8.18. The maximum Gasteiger partial charge on any atom is 0.337 e. The molecule has 2 aromatic rings. The Bertz CT molecular complexity index is 877.